The first-order chi connectivity index (χ1) is 12.9. The summed E-state index contributed by atoms with van der Waals surface area (Å²) in [6.45, 7) is 3.01. The number of carbonyl (C=O) groups is 1. The highest BCUT2D eigenvalue weighted by molar-refractivity contribution is 7.89. The topological polar surface area (TPSA) is 84.9 Å². The number of halogens is 1. The number of rotatable bonds is 2. The first kappa shape index (κ1) is 18.2. The van der Waals surface area contributed by atoms with E-state index in [0.717, 1.165) is 5.56 Å². The molecule has 0 aromatic heterocycles. The summed E-state index contributed by atoms with van der Waals surface area (Å²) in [7, 11) is -3.85. The first-order valence-corrected chi connectivity index (χ1v) is 10.2. The normalized spacial score (nSPS) is 17.3. The summed E-state index contributed by atoms with van der Waals surface area (Å²) < 4.78 is 38.3. The molecule has 2 aliphatic rings. The minimum Gasteiger partial charge on any atom is -0.454 e. The molecule has 0 atom stereocenters. The van der Waals surface area contributed by atoms with Crippen molar-refractivity contribution in [3.05, 3.63) is 46.5 Å². The van der Waals surface area contributed by atoms with Crippen molar-refractivity contribution in [2.45, 2.75) is 11.8 Å². The van der Waals surface area contributed by atoms with Crippen molar-refractivity contribution in [2.24, 2.45) is 0 Å². The lowest BCUT2D eigenvalue weighted by Gasteiger charge is -2.26. The van der Waals surface area contributed by atoms with E-state index in [1.165, 1.54) is 16.4 Å². The monoisotopic (exact) mass is 408 g/mol. The van der Waals surface area contributed by atoms with Crippen LogP contribution in [0, 0.1) is 6.92 Å². The van der Waals surface area contributed by atoms with Crippen molar-refractivity contribution in [3.63, 3.8) is 0 Å². The van der Waals surface area contributed by atoms with Crippen LogP contribution in [0.15, 0.2) is 35.2 Å². The van der Waals surface area contributed by atoms with Crippen LogP contribution in [0.25, 0.3) is 0 Å². The lowest BCUT2D eigenvalue weighted by molar-refractivity contribution is 0.0730. The fourth-order valence-electron chi connectivity index (χ4n) is 3.06. The largest absolute Gasteiger partial charge is 0.454 e. The summed E-state index contributed by atoms with van der Waals surface area (Å²) in [5, 5.41) is 2.76. The Morgan fingerprint density at radius 1 is 1.11 bits per heavy atom. The molecule has 0 bridgehead atoms. The average Bonchev–Trinajstić information content (AvgIpc) is 2.77. The van der Waals surface area contributed by atoms with Gasteiger partial charge >= 0.3 is 0 Å². The zero-order chi connectivity index (χ0) is 19.2. The highest BCUT2D eigenvalue weighted by atomic mass is 35.5. The number of benzene rings is 2. The molecule has 142 valence electrons. The molecule has 1 amide bonds. The van der Waals surface area contributed by atoms with Crippen LogP contribution in [0.1, 0.15) is 15.9 Å². The minimum absolute atomic E-state index is 0.00334. The van der Waals surface area contributed by atoms with Crippen molar-refractivity contribution < 1.29 is 22.7 Å². The smallest absolute Gasteiger partial charge is 0.259 e. The summed E-state index contributed by atoms with van der Waals surface area (Å²) in [5.41, 5.74) is 1.59. The number of fused-ring (bicyclic) bond motifs is 2. The third-order valence-corrected chi connectivity index (χ3v) is 6.83. The molecule has 0 saturated carbocycles. The fraction of sp³-hybridized carbons (Fsp3) is 0.278. The van der Waals surface area contributed by atoms with Gasteiger partial charge in [-0.25, -0.2) is 8.42 Å². The van der Waals surface area contributed by atoms with Crippen molar-refractivity contribution in [1.29, 1.82) is 0 Å². The Balaban J connectivity index is 1.79. The predicted molar refractivity (Wildman–Crippen MR) is 100 cm³/mol. The number of sulfonamides is 1. The molecular weight excluding hydrogens is 392 g/mol. The van der Waals surface area contributed by atoms with Gasteiger partial charge in [-0.3, -0.25) is 4.79 Å². The standard InChI is InChI=1S/C18H17ClN2O5S/c1-11-2-3-15-14(8-11)20-18(22)12-9-17(13(19)10-16(12)26-15)27(23,24)21-4-6-25-7-5-21/h2-3,8-10H,4-7H2,1H3,(H,20,22). The second kappa shape index (κ2) is 6.79. The molecule has 2 aromatic carbocycles. The molecule has 2 heterocycles. The van der Waals surface area contributed by atoms with Crippen LogP contribution in [0.4, 0.5) is 5.69 Å². The zero-order valence-electron chi connectivity index (χ0n) is 14.5. The Hall–Kier alpha value is -2.13. The number of carbonyl (C=O) groups excluding carboxylic acids is 1. The van der Waals surface area contributed by atoms with E-state index >= 15 is 0 Å². The number of aryl methyl sites for hydroxylation is 1. The average molecular weight is 409 g/mol. The Morgan fingerprint density at radius 3 is 2.59 bits per heavy atom. The minimum atomic E-state index is -3.85. The molecule has 9 heteroatoms. The lowest BCUT2D eigenvalue weighted by atomic mass is 10.2. The summed E-state index contributed by atoms with van der Waals surface area (Å²) in [4.78, 5) is 12.6. The van der Waals surface area contributed by atoms with Crippen molar-refractivity contribution in [2.75, 3.05) is 31.6 Å². The maximum Gasteiger partial charge on any atom is 0.259 e. The van der Waals surface area contributed by atoms with Gasteiger partial charge in [0.05, 0.1) is 29.5 Å². The van der Waals surface area contributed by atoms with Crippen molar-refractivity contribution >= 4 is 33.2 Å². The Labute approximate surface area is 161 Å². The molecule has 4 rings (SSSR count). The molecule has 1 saturated heterocycles. The molecule has 0 aliphatic carbocycles. The summed E-state index contributed by atoms with van der Waals surface area (Å²) in [6, 6.07) is 8.03. The van der Waals surface area contributed by atoms with Gasteiger partial charge in [0.1, 0.15) is 10.6 Å². The van der Waals surface area contributed by atoms with E-state index in [-0.39, 0.29) is 34.3 Å². The van der Waals surface area contributed by atoms with Gasteiger partial charge < -0.3 is 14.8 Å². The Morgan fingerprint density at radius 2 is 1.85 bits per heavy atom. The van der Waals surface area contributed by atoms with E-state index in [1.54, 1.807) is 12.1 Å². The highest BCUT2D eigenvalue weighted by Crippen LogP contribution is 2.40. The van der Waals surface area contributed by atoms with Crippen LogP contribution in [0.5, 0.6) is 11.5 Å². The number of ether oxygens (including phenoxy) is 2. The maximum absolute atomic E-state index is 13.0. The third-order valence-electron chi connectivity index (χ3n) is 4.47. The first-order valence-electron chi connectivity index (χ1n) is 8.37. The van der Waals surface area contributed by atoms with Gasteiger partial charge in [-0.15, -0.1) is 0 Å². The summed E-state index contributed by atoms with van der Waals surface area (Å²) >= 11 is 6.27. The Bertz CT molecular complexity index is 1030. The van der Waals surface area contributed by atoms with E-state index in [1.807, 2.05) is 13.0 Å². The van der Waals surface area contributed by atoms with E-state index in [9.17, 15) is 13.2 Å². The molecule has 0 unspecified atom stereocenters. The number of nitrogens with one attached hydrogen (secondary N) is 1. The molecule has 0 radical (unpaired) electrons. The predicted octanol–water partition coefficient (Wildman–Crippen LogP) is 3.03. The number of hydrogen-bond acceptors (Lipinski definition) is 5. The molecule has 2 aliphatic heterocycles. The summed E-state index contributed by atoms with van der Waals surface area (Å²) in [6.07, 6.45) is 0. The maximum atomic E-state index is 13.0. The quantitative estimate of drug-likeness (QED) is 0.825. The van der Waals surface area contributed by atoms with E-state index < -0.39 is 15.9 Å². The third kappa shape index (κ3) is 3.29. The lowest BCUT2D eigenvalue weighted by Crippen LogP contribution is -2.40. The van der Waals surface area contributed by atoms with Crippen LogP contribution < -0.4 is 10.1 Å². The van der Waals surface area contributed by atoms with Crippen molar-refractivity contribution in [3.8, 4) is 11.5 Å². The molecule has 0 spiro atoms. The highest BCUT2D eigenvalue weighted by Gasteiger charge is 2.31. The SMILES string of the molecule is Cc1ccc2c(c1)NC(=O)c1cc(S(=O)(=O)N3CCOCC3)c(Cl)cc1O2. The number of amides is 1. The zero-order valence-corrected chi connectivity index (χ0v) is 16.1. The van der Waals surface area contributed by atoms with Gasteiger partial charge in [-0.2, -0.15) is 4.31 Å². The molecule has 7 nitrogen and oxygen atoms in total. The van der Waals surface area contributed by atoms with Gasteiger partial charge in [0.15, 0.2) is 5.75 Å². The molecule has 1 fully saturated rings. The number of nitrogens with zero attached hydrogens (tertiary/aromatic N) is 1. The van der Waals surface area contributed by atoms with Crippen molar-refractivity contribution in [1.82, 2.24) is 4.31 Å². The van der Waals surface area contributed by atoms with Gasteiger partial charge in [0, 0.05) is 19.2 Å². The van der Waals surface area contributed by atoms with Gasteiger partial charge in [-0.1, -0.05) is 17.7 Å². The molecule has 1 N–H and O–H groups in total. The van der Waals surface area contributed by atoms with E-state index in [2.05, 4.69) is 5.32 Å². The Kier molecular flexibility index (Phi) is 4.59. The van der Waals surface area contributed by atoms with E-state index in [4.69, 9.17) is 21.1 Å². The number of hydrogen-bond donors (Lipinski definition) is 1. The van der Waals surface area contributed by atoms with Crippen LogP contribution in [0.2, 0.25) is 5.02 Å². The van der Waals surface area contributed by atoms with Gasteiger partial charge in [-0.05, 0) is 30.7 Å². The van der Waals surface area contributed by atoms with Crippen LogP contribution in [-0.4, -0.2) is 44.9 Å². The van der Waals surface area contributed by atoms with Crippen LogP contribution >= 0.6 is 11.6 Å². The molecule has 27 heavy (non-hydrogen) atoms. The van der Waals surface area contributed by atoms with Gasteiger partial charge in [0.2, 0.25) is 10.0 Å². The molecule has 2 aromatic rings. The fourth-order valence-corrected chi connectivity index (χ4v) is 4.99. The van der Waals surface area contributed by atoms with Gasteiger partial charge in [0.25, 0.3) is 5.91 Å². The van der Waals surface area contributed by atoms with Crippen LogP contribution in [0.3, 0.4) is 0 Å². The van der Waals surface area contributed by atoms with Crippen LogP contribution in [-0.2, 0) is 14.8 Å². The van der Waals surface area contributed by atoms with E-state index in [0.29, 0.717) is 24.7 Å². The number of anilines is 1. The second-order valence-electron chi connectivity index (χ2n) is 6.35. The number of morpholine rings is 1. The second-order valence-corrected chi connectivity index (χ2v) is 8.66. The summed E-state index contributed by atoms with van der Waals surface area (Å²) in [5.74, 6) is 0.220. The molecular formula is C18H17ClN2O5S.